The topological polar surface area (TPSA) is 56.1 Å². The van der Waals surface area contributed by atoms with E-state index in [9.17, 15) is 0 Å². The van der Waals surface area contributed by atoms with E-state index in [1.54, 1.807) is 0 Å². The first kappa shape index (κ1) is 15.6. The number of aromatic nitrogens is 4. The fourth-order valence-electron chi connectivity index (χ4n) is 3.40. The Morgan fingerprint density at radius 3 is 2.64 bits per heavy atom. The number of tetrazole rings is 1. The standard InChI is InChI=1S/C19H21N5O/c1-2-25-17-12-10-15(11-13-17)18-9-6-14-23(18)19-20-21-22-24(19)16-7-4-3-5-8-16/h3-5,7-8,10-13,18H,2,6,9,14H2,1H3/t18-/m0/s1. The lowest BCUT2D eigenvalue weighted by Crippen LogP contribution is -2.26. The van der Waals surface area contributed by atoms with Gasteiger partial charge in [0, 0.05) is 6.54 Å². The summed E-state index contributed by atoms with van der Waals surface area (Å²) in [5.41, 5.74) is 2.24. The van der Waals surface area contributed by atoms with E-state index in [2.05, 4.69) is 32.6 Å². The van der Waals surface area contributed by atoms with E-state index >= 15 is 0 Å². The van der Waals surface area contributed by atoms with Gasteiger partial charge in [-0.25, -0.2) is 0 Å². The first-order valence-corrected chi connectivity index (χ1v) is 8.70. The minimum Gasteiger partial charge on any atom is -0.494 e. The quantitative estimate of drug-likeness (QED) is 0.715. The molecule has 1 aromatic heterocycles. The SMILES string of the molecule is CCOc1ccc([C@@H]2CCCN2c2nnnn2-c2ccccc2)cc1. The molecule has 0 aliphatic carbocycles. The molecule has 0 saturated carbocycles. The third-order valence-electron chi connectivity index (χ3n) is 4.54. The molecule has 6 nitrogen and oxygen atoms in total. The molecule has 1 saturated heterocycles. The molecule has 0 spiro atoms. The maximum absolute atomic E-state index is 5.55. The van der Waals surface area contributed by atoms with Gasteiger partial charge in [-0.3, -0.25) is 0 Å². The molecule has 1 aliphatic rings. The number of hydrogen-bond donors (Lipinski definition) is 0. The zero-order valence-corrected chi connectivity index (χ0v) is 14.2. The fourth-order valence-corrected chi connectivity index (χ4v) is 3.40. The van der Waals surface area contributed by atoms with Gasteiger partial charge < -0.3 is 9.64 Å². The van der Waals surface area contributed by atoms with Crippen LogP contribution in [-0.4, -0.2) is 33.4 Å². The van der Waals surface area contributed by atoms with Crippen molar-refractivity contribution in [3.63, 3.8) is 0 Å². The number of anilines is 1. The number of rotatable bonds is 5. The molecule has 0 radical (unpaired) electrons. The number of para-hydroxylation sites is 1. The predicted molar refractivity (Wildman–Crippen MR) is 96.1 cm³/mol. The van der Waals surface area contributed by atoms with E-state index in [0.29, 0.717) is 6.61 Å². The van der Waals surface area contributed by atoms with Gasteiger partial charge in [0.05, 0.1) is 18.3 Å². The Morgan fingerprint density at radius 2 is 1.88 bits per heavy atom. The fraction of sp³-hybridized carbons (Fsp3) is 0.316. The van der Waals surface area contributed by atoms with Crippen LogP contribution in [0.1, 0.15) is 31.4 Å². The minimum absolute atomic E-state index is 0.282. The van der Waals surface area contributed by atoms with Crippen LogP contribution in [0, 0.1) is 0 Å². The molecule has 1 fully saturated rings. The Balaban J connectivity index is 1.63. The van der Waals surface area contributed by atoms with E-state index < -0.39 is 0 Å². The van der Waals surface area contributed by atoms with E-state index in [-0.39, 0.29) is 6.04 Å². The molecular formula is C19H21N5O. The van der Waals surface area contributed by atoms with Crippen molar-refractivity contribution in [1.82, 2.24) is 20.2 Å². The molecule has 128 valence electrons. The molecule has 1 atom stereocenters. The van der Waals surface area contributed by atoms with Crippen molar-refractivity contribution in [3.8, 4) is 11.4 Å². The summed E-state index contributed by atoms with van der Waals surface area (Å²) in [6, 6.07) is 18.7. The highest BCUT2D eigenvalue weighted by Gasteiger charge is 2.30. The van der Waals surface area contributed by atoms with Crippen LogP contribution in [-0.2, 0) is 0 Å². The Morgan fingerprint density at radius 1 is 1.08 bits per heavy atom. The molecule has 0 N–H and O–H groups in total. The molecule has 4 rings (SSSR count). The van der Waals surface area contributed by atoms with Gasteiger partial charge in [0.25, 0.3) is 5.95 Å². The summed E-state index contributed by atoms with van der Waals surface area (Å²) in [5, 5.41) is 12.4. The van der Waals surface area contributed by atoms with Crippen molar-refractivity contribution in [1.29, 1.82) is 0 Å². The predicted octanol–water partition coefficient (Wildman–Crippen LogP) is 3.40. The van der Waals surface area contributed by atoms with Crippen molar-refractivity contribution in [3.05, 3.63) is 60.2 Å². The summed E-state index contributed by atoms with van der Waals surface area (Å²) < 4.78 is 7.36. The van der Waals surface area contributed by atoms with Gasteiger partial charge in [0.1, 0.15) is 5.75 Å². The Labute approximate surface area is 147 Å². The lowest BCUT2D eigenvalue weighted by atomic mass is 10.0. The van der Waals surface area contributed by atoms with Crippen LogP contribution in [0.3, 0.4) is 0 Å². The van der Waals surface area contributed by atoms with Gasteiger partial charge >= 0.3 is 0 Å². The average molecular weight is 335 g/mol. The molecule has 25 heavy (non-hydrogen) atoms. The molecule has 1 aliphatic heterocycles. The van der Waals surface area contributed by atoms with Crippen LogP contribution >= 0.6 is 0 Å². The van der Waals surface area contributed by atoms with Gasteiger partial charge in [0.2, 0.25) is 0 Å². The van der Waals surface area contributed by atoms with Crippen LogP contribution in [0.5, 0.6) is 5.75 Å². The van der Waals surface area contributed by atoms with Crippen molar-refractivity contribution in [2.45, 2.75) is 25.8 Å². The zero-order valence-electron chi connectivity index (χ0n) is 14.2. The third-order valence-corrected chi connectivity index (χ3v) is 4.54. The third kappa shape index (κ3) is 3.07. The van der Waals surface area contributed by atoms with Crippen LogP contribution in [0.15, 0.2) is 54.6 Å². The highest BCUT2D eigenvalue weighted by Crippen LogP contribution is 2.36. The maximum atomic E-state index is 5.55. The van der Waals surface area contributed by atoms with Crippen molar-refractivity contribution in [2.75, 3.05) is 18.1 Å². The molecule has 0 unspecified atom stereocenters. The minimum atomic E-state index is 0.282. The lowest BCUT2D eigenvalue weighted by Gasteiger charge is -2.25. The second kappa shape index (κ2) is 6.93. The first-order chi connectivity index (χ1) is 12.4. The number of benzene rings is 2. The number of hydrogen-bond acceptors (Lipinski definition) is 5. The summed E-state index contributed by atoms with van der Waals surface area (Å²) in [6.45, 7) is 3.63. The Kier molecular flexibility index (Phi) is 4.33. The Hall–Kier alpha value is -2.89. The molecule has 6 heteroatoms. The average Bonchev–Trinajstić information content (AvgIpc) is 3.32. The molecule has 2 aromatic carbocycles. The first-order valence-electron chi connectivity index (χ1n) is 8.70. The summed E-state index contributed by atoms with van der Waals surface area (Å²) in [5.74, 6) is 1.70. The second-order valence-electron chi connectivity index (χ2n) is 6.08. The van der Waals surface area contributed by atoms with Crippen LogP contribution < -0.4 is 9.64 Å². The van der Waals surface area contributed by atoms with E-state index in [4.69, 9.17) is 4.74 Å². The molecule has 0 amide bonds. The summed E-state index contributed by atoms with van der Waals surface area (Å²) in [7, 11) is 0. The monoisotopic (exact) mass is 335 g/mol. The van der Waals surface area contributed by atoms with Gasteiger partial charge in [-0.2, -0.15) is 4.68 Å². The van der Waals surface area contributed by atoms with Gasteiger partial charge in [-0.05, 0) is 60.0 Å². The highest BCUT2D eigenvalue weighted by atomic mass is 16.5. The number of nitrogens with zero attached hydrogens (tertiary/aromatic N) is 5. The van der Waals surface area contributed by atoms with Crippen LogP contribution in [0.25, 0.3) is 5.69 Å². The smallest absolute Gasteiger partial charge is 0.250 e. The van der Waals surface area contributed by atoms with E-state index in [1.165, 1.54) is 5.56 Å². The normalized spacial score (nSPS) is 17.0. The van der Waals surface area contributed by atoms with Gasteiger partial charge in [-0.15, -0.1) is 0 Å². The largest absolute Gasteiger partial charge is 0.494 e. The second-order valence-corrected chi connectivity index (χ2v) is 6.08. The maximum Gasteiger partial charge on any atom is 0.250 e. The van der Waals surface area contributed by atoms with E-state index in [0.717, 1.165) is 36.8 Å². The molecule has 3 aromatic rings. The Bertz CT molecular complexity index is 815. The molecule has 2 heterocycles. The summed E-state index contributed by atoms with van der Waals surface area (Å²) in [4.78, 5) is 2.29. The van der Waals surface area contributed by atoms with Crippen molar-refractivity contribution in [2.24, 2.45) is 0 Å². The highest BCUT2D eigenvalue weighted by molar-refractivity contribution is 5.45. The molecular weight excluding hydrogens is 314 g/mol. The van der Waals surface area contributed by atoms with Crippen LogP contribution in [0.4, 0.5) is 5.95 Å². The van der Waals surface area contributed by atoms with Crippen molar-refractivity contribution >= 4 is 5.95 Å². The zero-order chi connectivity index (χ0) is 17.1. The van der Waals surface area contributed by atoms with Gasteiger partial charge in [-0.1, -0.05) is 35.4 Å². The lowest BCUT2D eigenvalue weighted by molar-refractivity contribution is 0.340. The number of ether oxygens (including phenoxy) is 1. The summed E-state index contributed by atoms with van der Waals surface area (Å²) in [6.07, 6.45) is 2.22. The summed E-state index contributed by atoms with van der Waals surface area (Å²) >= 11 is 0. The van der Waals surface area contributed by atoms with E-state index in [1.807, 2.05) is 54.1 Å². The van der Waals surface area contributed by atoms with Gasteiger partial charge in [0.15, 0.2) is 0 Å². The van der Waals surface area contributed by atoms with Crippen LogP contribution in [0.2, 0.25) is 0 Å². The van der Waals surface area contributed by atoms with Crippen molar-refractivity contribution < 1.29 is 4.74 Å². The molecule has 0 bridgehead atoms.